The third kappa shape index (κ3) is 2.58. The number of piperazine rings is 1. The van der Waals surface area contributed by atoms with Gasteiger partial charge in [-0.1, -0.05) is 15.9 Å². The minimum Gasteiger partial charge on any atom is -0.366 e. The Morgan fingerprint density at radius 2 is 1.94 bits per heavy atom. The summed E-state index contributed by atoms with van der Waals surface area (Å²) in [5.74, 6) is 0. The van der Waals surface area contributed by atoms with Crippen molar-refractivity contribution in [2.45, 2.75) is 32.4 Å². The highest BCUT2D eigenvalue weighted by atomic mass is 79.9. The van der Waals surface area contributed by atoms with E-state index in [1.54, 1.807) is 0 Å². The summed E-state index contributed by atoms with van der Waals surface area (Å²) in [5, 5.41) is 3.57. The molecule has 88 valence electrons. The van der Waals surface area contributed by atoms with Gasteiger partial charge in [-0.15, -0.1) is 0 Å². The van der Waals surface area contributed by atoms with Crippen molar-refractivity contribution in [2.75, 3.05) is 18.0 Å². The zero-order valence-electron chi connectivity index (χ0n) is 10.1. The molecule has 0 amide bonds. The number of benzene rings is 1. The van der Waals surface area contributed by atoms with Crippen LogP contribution >= 0.6 is 15.9 Å². The number of rotatable bonds is 1. The highest BCUT2D eigenvalue weighted by Gasteiger charge is 2.30. The Labute approximate surface area is 106 Å². The molecule has 3 heteroatoms. The van der Waals surface area contributed by atoms with Crippen molar-refractivity contribution in [3.05, 3.63) is 28.7 Å². The molecule has 2 rings (SSSR count). The molecule has 1 saturated heterocycles. The Morgan fingerprint density at radius 3 is 2.56 bits per heavy atom. The lowest BCUT2D eigenvalue weighted by molar-refractivity contribution is 0.318. The summed E-state index contributed by atoms with van der Waals surface area (Å²) in [7, 11) is 0. The van der Waals surface area contributed by atoms with E-state index in [2.05, 4.69) is 71.2 Å². The van der Waals surface area contributed by atoms with Crippen LogP contribution in [0.3, 0.4) is 0 Å². The number of nitrogens with one attached hydrogen (secondary N) is 1. The monoisotopic (exact) mass is 282 g/mol. The molecule has 1 atom stereocenters. The summed E-state index contributed by atoms with van der Waals surface area (Å²) in [6, 6.07) is 9.13. The predicted octanol–water partition coefficient (Wildman–Crippen LogP) is 3.03. The van der Waals surface area contributed by atoms with E-state index in [0.717, 1.165) is 17.6 Å². The van der Waals surface area contributed by atoms with Crippen molar-refractivity contribution in [2.24, 2.45) is 0 Å². The van der Waals surface area contributed by atoms with E-state index in [1.807, 2.05) is 0 Å². The van der Waals surface area contributed by atoms with Crippen molar-refractivity contribution < 1.29 is 0 Å². The first-order valence-corrected chi connectivity index (χ1v) is 6.54. The Hall–Kier alpha value is -0.540. The average Bonchev–Trinajstić information content (AvgIpc) is 2.23. The molecule has 1 N–H and O–H groups in total. The van der Waals surface area contributed by atoms with Crippen LogP contribution in [0.15, 0.2) is 28.7 Å². The lowest BCUT2D eigenvalue weighted by atomic mass is 9.98. The van der Waals surface area contributed by atoms with Gasteiger partial charge in [0.1, 0.15) is 0 Å². The number of hydrogen-bond acceptors (Lipinski definition) is 2. The fourth-order valence-electron chi connectivity index (χ4n) is 2.15. The first kappa shape index (κ1) is 11.9. The first-order valence-electron chi connectivity index (χ1n) is 5.75. The molecule has 1 aliphatic heterocycles. The number of halogens is 1. The molecule has 1 aliphatic rings. The molecule has 1 aromatic rings. The van der Waals surface area contributed by atoms with Gasteiger partial charge in [-0.25, -0.2) is 0 Å². The Morgan fingerprint density at radius 1 is 1.31 bits per heavy atom. The molecule has 0 spiro atoms. The smallest absolute Gasteiger partial charge is 0.0387 e. The van der Waals surface area contributed by atoms with E-state index in [-0.39, 0.29) is 5.54 Å². The lowest BCUT2D eigenvalue weighted by Crippen LogP contribution is -2.61. The largest absolute Gasteiger partial charge is 0.366 e. The van der Waals surface area contributed by atoms with Crippen LogP contribution in [-0.4, -0.2) is 24.7 Å². The average molecular weight is 283 g/mol. The van der Waals surface area contributed by atoms with Gasteiger partial charge in [0, 0.05) is 34.8 Å². The van der Waals surface area contributed by atoms with Crippen molar-refractivity contribution >= 4 is 21.6 Å². The zero-order valence-corrected chi connectivity index (χ0v) is 11.7. The van der Waals surface area contributed by atoms with Gasteiger partial charge < -0.3 is 10.2 Å². The van der Waals surface area contributed by atoms with Crippen LogP contribution in [0.2, 0.25) is 0 Å². The second-order valence-electron chi connectivity index (χ2n) is 5.22. The van der Waals surface area contributed by atoms with Gasteiger partial charge in [-0.05, 0) is 45.0 Å². The first-order chi connectivity index (χ1) is 7.48. The summed E-state index contributed by atoms with van der Waals surface area (Å²) < 4.78 is 1.14. The third-order valence-corrected chi connectivity index (χ3v) is 3.66. The fourth-order valence-corrected chi connectivity index (χ4v) is 2.41. The van der Waals surface area contributed by atoms with Crippen molar-refractivity contribution in [1.29, 1.82) is 0 Å². The molecule has 1 aromatic carbocycles. The van der Waals surface area contributed by atoms with Gasteiger partial charge in [0.2, 0.25) is 0 Å². The van der Waals surface area contributed by atoms with Crippen molar-refractivity contribution in [3.63, 3.8) is 0 Å². The summed E-state index contributed by atoms with van der Waals surface area (Å²) in [6.45, 7) is 8.87. The van der Waals surface area contributed by atoms with Crippen LogP contribution in [0, 0.1) is 0 Å². The maximum absolute atomic E-state index is 3.57. The van der Waals surface area contributed by atoms with E-state index in [9.17, 15) is 0 Å². The molecule has 1 unspecified atom stereocenters. The summed E-state index contributed by atoms with van der Waals surface area (Å²) in [5.41, 5.74) is 1.50. The molecule has 1 heterocycles. The normalized spacial score (nSPS) is 24.5. The molecule has 1 fully saturated rings. The summed E-state index contributed by atoms with van der Waals surface area (Å²) in [6.07, 6.45) is 0. The van der Waals surface area contributed by atoms with Gasteiger partial charge in [-0.2, -0.15) is 0 Å². The van der Waals surface area contributed by atoms with E-state index in [4.69, 9.17) is 0 Å². The molecule has 0 aromatic heterocycles. The highest BCUT2D eigenvalue weighted by Crippen LogP contribution is 2.24. The molecular formula is C13H19BrN2. The maximum Gasteiger partial charge on any atom is 0.0387 e. The molecule has 0 aliphatic carbocycles. The SMILES string of the molecule is CC1CNC(C)(C)CN1c1ccc(Br)cc1. The maximum atomic E-state index is 3.57. The number of hydrogen-bond donors (Lipinski definition) is 1. The minimum absolute atomic E-state index is 0.194. The van der Waals surface area contributed by atoms with E-state index >= 15 is 0 Å². The third-order valence-electron chi connectivity index (χ3n) is 3.13. The molecule has 0 radical (unpaired) electrons. The van der Waals surface area contributed by atoms with E-state index in [0.29, 0.717) is 6.04 Å². The Kier molecular flexibility index (Phi) is 3.27. The van der Waals surface area contributed by atoms with Gasteiger partial charge in [0.25, 0.3) is 0 Å². The molecule has 0 bridgehead atoms. The van der Waals surface area contributed by atoms with Crippen LogP contribution in [0.1, 0.15) is 20.8 Å². The summed E-state index contributed by atoms with van der Waals surface area (Å²) in [4.78, 5) is 2.48. The fraction of sp³-hybridized carbons (Fsp3) is 0.538. The van der Waals surface area contributed by atoms with E-state index in [1.165, 1.54) is 5.69 Å². The highest BCUT2D eigenvalue weighted by molar-refractivity contribution is 9.10. The van der Waals surface area contributed by atoms with Gasteiger partial charge >= 0.3 is 0 Å². The standard InChI is InChI=1S/C13H19BrN2/c1-10-8-15-13(2,3)9-16(10)12-6-4-11(14)5-7-12/h4-7,10,15H,8-9H2,1-3H3. The summed E-state index contributed by atoms with van der Waals surface area (Å²) >= 11 is 3.48. The Bertz CT molecular complexity index is 359. The van der Waals surface area contributed by atoms with Gasteiger partial charge in [0.15, 0.2) is 0 Å². The second kappa shape index (κ2) is 4.38. The van der Waals surface area contributed by atoms with Crippen LogP contribution in [0.4, 0.5) is 5.69 Å². The van der Waals surface area contributed by atoms with Crippen molar-refractivity contribution in [3.8, 4) is 0 Å². The number of nitrogens with zero attached hydrogens (tertiary/aromatic N) is 1. The predicted molar refractivity (Wildman–Crippen MR) is 73.0 cm³/mol. The molecule has 0 saturated carbocycles. The second-order valence-corrected chi connectivity index (χ2v) is 6.13. The Balaban J connectivity index is 2.21. The van der Waals surface area contributed by atoms with Gasteiger partial charge in [0.05, 0.1) is 0 Å². The zero-order chi connectivity index (χ0) is 11.8. The minimum atomic E-state index is 0.194. The van der Waals surface area contributed by atoms with Crippen LogP contribution in [0.25, 0.3) is 0 Å². The molecular weight excluding hydrogens is 264 g/mol. The topological polar surface area (TPSA) is 15.3 Å². The van der Waals surface area contributed by atoms with Gasteiger partial charge in [-0.3, -0.25) is 0 Å². The quantitative estimate of drug-likeness (QED) is 0.852. The van der Waals surface area contributed by atoms with Crippen LogP contribution < -0.4 is 10.2 Å². The lowest BCUT2D eigenvalue weighted by Gasteiger charge is -2.44. The molecule has 16 heavy (non-hydrogen) atoms. The molecule has 2 nitrogen and oxygen atoms in total. The van der Waals surface area contributed by atoms with Crippen LogP contribution in [-0.2, 0) is 0 Å². The van der Waals surface area contributed by atoms with Crippen molar-refractivity contribution in [1.82, 2.24) is 5.32 Å². The number of anilines is 1. The van der Waals surface area contributed by atoms with E-state index < -0.39 is 0 Å². The van der Waals surface area contributed by atoms with Crippen LogP contribution in [0.5, 0.6) is 0 Å².